The number of hydrogen-bond acceptors (Lipinski definition) is 3. The molecule has 0 aliphatic carbocycles. The second-order valence-corrected chi connectivity index (χ2v) is 4.60. The molecule has 7 heteroatoms. The van der Waals surface area contributed by atoms with Crippen LogP contribution in [0.4, 0.5) is 0 Å². The van der Waals surface area contributed by atoms with E-state index in [-0.39, 0.29) is 21.9 Å². The summed E-state index contributed by atoms with van der Waals surface area (Å²) < 4.78 is 0.235. The van der Waals surface area contributed by atoms with Gasteiger partial charge in [-0.05, 0) is 30.4 Å². The van der Waals surface area contributed by atoms with E-state index >= 15 is 0 Å². The number of hydrogen-bond donors (Lipinski definition) is 3. The molecule has 0 fully saturated rings. The fourth-order valence-corrected chi connectivity index (χ4v) is 2.25. The highest BCUT2D eigenvalue weighted by Gasteiger charge is 2.22. The molecule has 5 nitrogen and oxygen atoms in total. The second-order valence-electron chi connectivity index (χ2n) is 3.76. The summed E-state index contributed by atoms with van der Waals surface area (Å²) in [5, 5.41) is 11.3. The Bertz CT molecular complexity index is 850. The van der Waals surface area contributed by atoms with Gasteiger partial charge in [-0.3, -0.25) is 4.79 Å². The predicted octanol–water partition coefficient (Wildman–Crippen LogP) is 0.790. The number of aromatic hydroxyl groups is 1. The van der Waals surface area contributed by atoms with Crippen LogP contribution in [-0.2, 0) is 4.79 Å². The summed E-state index contributed by atoms with van der Waals surface area (Å²) in [6, 6.07) is 4.93. The van der Waals surface area contributed by atoms with Gasteiger partial charge < -0.3 is 15.1 Å². The first-order valence-corrected chi connectivity index (χ1v) is 5.79. The molecule has 3 N–H and O–H groups in total. The molecule has 2 heterocycles. The summed E-state index contributed by atoms with van der Waals surface area (Å²) in [5.74, 6) is -0.626. The Hall–Kier alpha value is -1.92. The molecule has 0 radical (unpaired) electrons. The summed E-state index contributed by atoms with van der Waals surface area (Å²) in [6.07, 6.45) is 0. The van der Waals surface area contributed by atoms with E-state index in [1.54, 1.807) is 18.2 Å². The van der Waals surface area contributed by atoms with Crippen LogP contribution in [0.5, 0.6) is 5.88 Å². The van der Waals surface area contributed by atoms with Gasteiger partial charge in [-0.15, -0.1) is 0 Å². The monoisotopic (exact) mass is 279 g/mol. The molecule has 2 aromatic rings. The van der Waals surface area contributed by atoms with E-state index in [1.807, 2.05) is 0 Å². The Labute approximate surface area is 110 Å². The van der Waals surface area contributed by atoms with E-state index in [4.69, 9.17) is 23.8 Å². The lowest BCUT2D eigenvalue weighted by Gasteiger charge is -1.96. The van der Waals surface area contributed by atoms with Crippen LogP contribution in [0.1, 0.15) is 5.69 Å². The molecule has 1 aromatic heterocycles. The van der Waals surface area contributed by atoms with Crippen LogP contribution in [0, 0.1) is 4.77 Å². The Morgan fingerprint density at radius 2 is 2.11 bits per heavy atom. The first kappa shape index (κ1) is 11.2. The van der Waals surface area contributed by atoms with Crippen molar-refractivity contribution >= 4 is 35.3 Å². The standard InChI is InChI=1S/C11H6ClN3O2S/c12-4-1-2-6-5(3-4)7(9(16)13-6)8-10(17)15-11(18)14-8/h1-3,17H,(H2,14,15,18). The van der Waals surface area contributed by atoms with Crippen molar-refractivity contribution in [2.75, 3.05) is 0 Å². The van der Waals surface area contributed by atoms with Gasteiger partial charge in [0.1, 0.15) is 5.69 Å². The largest absolute Gasteiger partial charge is 0.493 e. The fraction of sp³-hybridized carbons (Fsp3) is 0. The number of nitrogens with zero attached hydrogens (tertiary/aromatic N) is 1. The number of nitrogens with one attached hydrogen (secondary N) is 2. The van der Waals surface area contributed by atoms with Crippen LogP contribution in [-0.4, -0.2) is 21.0 Å². The fourth-order valence-electron chi connectivity index (χ4n) is 1.88. The van der Waals surface area contributed by atoms with Crippen molar-refractivity contribution in [2.45, 2.75) is 0 Å². The van der Waals surface area contributed by atoms with Crippen molar-refractivity contribution in [1.82, 2.24) is 9.97 Å². The highest BCUT2D eigenvalue weighted by Crippen LogP contribution is 2.21. The van der Waals surface area contributed by atoms with Gasteiger partial charge in [0.15, 0.2) is 4.77 Å². The number of H-pyrrole nitrogens is 2. The normalized spacial score (nSPS) is 13.6. The SMILES string of the molecule is O=C1N=c2ccc(Cl)cc2=C1c1[nH]c(=S)[nH]c1O. The van der Waals surface area contributed by atoms with Gasteiger partial charge in [-0.1, -0.05) is 11.6 Å². The topological polar surface area (TPSA) is 81.2 Å². The number of benzene rings is 1. The summed E-state index contributed by atoms with van der Waals surface area (Å²) in [7, 11) is 0. The van der Waals surface area contributed by atoms with E-state index in [1.165, 1.54) is 0 Å². The highest BCUT2D eigenvalue weighted by molar-refractivity contribution is 7.71. The van der Waals surface area contributed by atoms with Gasteiger partial charge in [-0.2, -0.15) is 0 Å². The lowest BCUT2D eigenvalue weighted by atomic mass is 10.1. The van der Waals surface area contributed by atoms with Gasteiger partial charge in [-0.25, -0.2) is 4.99 Å². The van der Waals surface area contributed by atoms with E-state index in [9.17, 15) is 9.90 Å². The van der Waals surface area contributed by atoms with E-state index < -0.39 is 5.91 Å². The number of halogens is 1. The maximum atomic E-state index is 11.9. The third-order valence-corrected chi connectivity index (χ3v) is 3.06. The Kier molecular flexibility index (Phi) is 2.36. The van der Waals surface area contributed by atoms with Gasteiger partial charge in [0, 0.05) is 10.2 Å². The maximum absolute atomic E-state index is 11.9. The summed E-state index contributed by atoms with van der Waals surface area (Å²) in [5.41, 5.74) is 0.493. The minimum Gasteiger partial charge on any atom is -0.493 e. The van der Waals surface area contributed by atoms with Crippen molar-refractivity contribution in [3.63, 3.8) is 0 Å². The molecule has 1 aliphatic rings. The molecule has 0 saturated heterocycles. The molecule has 0 saturated carbocycles. The molecular formula is C11H6ClN3O2S. The van der Waals surface area contributed by atoms with E-state index in [0.717, 1.165) is 0 Å². The van der Waals surface area contributed by atoms with E-state index in [2.05, 4.69) is 15.0 Å². The molecular weight excluding hydrogens is 274 g/mol. The lowest BCUT2D eigenvalue weighted by molar-refractivity contribution is -0.112. The lowest BCUT2D eigenvalue weighted by Crippen LogP contribution is -2.23. The summed E-state index contributed by atoms with van der Waals surface area (Å²) in [6.45, 7) is 0. The second kappa shape index (κ2) is 3.79. The van der Waals surface area contributed by atoms with Crippen LogP contribution in [0.25, 0.3) is 5.57 Å². The number of carbonyl (C=O) groups is 1. The van der Waals surface area contributed by atoms with Crippen LogP contribution in [0.2, 0.25) is 5.02 Å². The number of rotatable bonds is 1. The van der Waals surface area contributed by atoms with Crippen molar-refractivity contribution in [3.05, 3.63) is 44.3 Å². The predicted molar refractivity (Wildman–Crippen MR) is 67.4 cm³/mol. The van der Waals surface area contributed by atoms with Crippen LogP contribution in [0.15, 0.2) is 23.2 Å². The van der Waals surface area contributed by atoms with E-state index in [0.29, 0.717) is 15.6 Å². The first-order valence-electron chi connectivity index (χ1n) is 5.01. The number of amides is 1. The van der Waals surface area contributed by atoms with Gasteiger partial charge in [0.25, 0.3) is 5.91 Å². The van der Waals surface area contributed by atoms with Gasteiger partial charge in [0.2, 0.25) is 5.88 Å². The van der Waals surface area contributed by atoms with Crippen LogP contribution < -0.4 is 10.6 Å². The van der Waals surface area contributed by atoms with Crippen molar-refractivity contribution in [1.29, 1.82) is 0 Å². The molecule has 0 spiro atoms. The highest BCUT2D eigenvalue weighted by atomic mass is 35.5. The minimum atomic E-state index is -0.437. The third-order valence-electron chi connectivity index (χ3n) is 2.62. The Morgan fingerprint density at radius 1 is 1.33 bits per heavy atom. The van der Waals surface area contributed by atoms with Gasteiger partial charge >= 0.3 is 0 Å². The third kappa shape index (κ3) is 1.58. The maximum Gasteiger partial charge on any atom is 0.280 e. The number of aromatic amines is 2. The Balaban J connectivity index is 2.45. The first-order chi connectivity index (χ1) is 8.56. The molecule has 3 rings (SSSR count). The van der Waals surface area contributed by atoms with Crippen molar-refractivity contribution in [3.8, 4) is 5.88 Å². The summed E-state index contributed by atoms with van der Waals surface area (Å²) >= 11 is 10.8. The van der Waals surface area contributed by atoms with Gasteiger partial charge in [0.05, 0.1) is 10.9 Å². The number of imidazole rings is 1. The molecule has 0 atom stereocenters. The number of fused-ring (bicyclic) bond motifs is 1. The average molecular weight is 280 g/mol. The smallest absolute Gasteiger partial charge is 0.280 e. The molecule has 0 bridgehead atoms. The molecule has 1 amide bonds. The van der Waals surface area contributed by atoms with Crippen LogP contribution in [0.3, 0.4) is 0 Å². The molecule has 1 aromatic carbocycles. The molecule has 1 aliphatic heterocycles. The van der Waals surface area contributed by atoms with Crippen molar-refractivity contribution < 1.29 is 9.90 Å². The number of aromatic nitrogens is 2. The summed E-state index contributed by atoms with van der Waals surface area (Å²) in [4.78, 5) is 21.0. The minimum absolute atomic E-state index is 0.189. The zero-order chi connectivity index (χ0) is 12.9. The average Bonchev–Trinajstić information content (AvgIpc) is 2.77. The Morgan fingerprint density at radius 3 is 2.78 bits per heavy atom. The molecule has 0 unspecified atom stereocenters. The molecule has 90 valence electrons. The molecule has 18 heavy (non-hydrogen) atoms. The van der Waals surface area contributed by atoms with Crippen molar-refractivity contribution in [2.24, 2.45) is 4.99 Å². The quantitative estimate of drug-likeness (QED) is 0.675. The zero-order valence-electron chi connectivity index (χ0n) is 8.82. The number of carbonyl (C=O) groups excluding carboxylic acids is 1. The van der Waals surface area contributed by atoms with Crippen LogP contribution >= 0.6 is 23.8 Å². The zero-order valence-corrected chi connectivity index (χ0v) is 10.4.